The van der Waals surface area contributed by atoms with Crippen molar-refractivity contribution in [2.75, 3.05) is 39.5 Å². The maximum atomic E-state index is 10.5. The minimum Gasteiger partial charge on any atom is -0.487 e. The van der Waals surface area contributed by atoms with E-state index in [0.29, 0.717) is 18.0 Å². The van der Waals surface area contributed by atoms with E-state index in [1.54, 1.807) is 12.1 Å². The van der Waals surface area contributed by atoms with Crippen LogP contribution in [0.4, 0.5) is 0 Å². The maximum Gasteiger partial charge on any atom is 0.161 e. The summed E-state index contributed by atoms with van der Waals surface area (Å²) in [4.78, 5) is 2.26. The third kappa shape index (κ3) is 5.96. The van der Waals surface area contributed by atoms with E-state index in [-0.39, 0.29) is 37.8 Å². The molecular formula is C23H29Cl2NO5. The zero-order chi connectivity index (χ0) is 21.0. The predicted octanol–water partition coefficient (Wildman–Crippen LogP) is 3.34. The summed E-state index contributed by atoms with van der Waals surface area (Å²) in [5.41, 5.74) is 1.04. The van der Waals surface area contributed by atoms with Gasteiger partial charge in [-0.1, -0.05) is 23.7 Å². The lowest BCUT2D eigenvalue weighted by molar-refractivity contribution is -0.00216. The second kappa shape index (κ2) is 10.7. The van der Waals surface area contributed by atoms with Crippen molar-refractivity contribution >= 4 is 24.0 Å². The van der Waals surface area contributed by atoms with E-state index in [1.807, 2.05) is 30.3 Å². The molecule has 2 aliphatic heterocycles. The molecule has 6 nitrogen and oxygen atoms in total. The number of likely N-dealkylation sites (tertiary alicyclic amines) is 1. The zero-order valence-electron chi connectivity index (χ0n) is 17.3. The summed E-state index contributed by atoms with van der Waals surface area (Å²) < 4.78 is 17.5. The molecule has 0 aromatic heterocycles. The van der Waals surface area contributed by atoms with E-state index in [4.69, 9.17) is 30.9 Å². The van der Waals surface area contributed by atoms with Gasteiger partial charge in [0.25, 0.3) is 0 Å². The Hall–Kier alpha value is -1.70. The summed E-state index contributed by atoms with van der Waals surface area (Å²) in [6, 6.07) is 13.1. The van der Waals surface area contributed by atoms with Crippen LogP contribution in [0.2, 0.25) is 5.02 Å². The lowest BCUT2D eigenvalue weighted by Crippen LogP contribution is -2.49. The SMILES string of the molecule is Cl.OCCOc1ccccc1OC[C@H](O)CN1CCC2(CC1)Cc1cc(Cl)ccc1O2. The zero-order valence-corrected chi connectivity index (χ0v) is 18.9. The molecule has 1 saturated heterocycles. The number of para-hydroxylation sites is 2. The summed E-state index contributed by atoms with van der Waals surface area (Å²) in [6.07, 6.45) is 2.13. The Labute approximate surface area is 194 Å². The second-order valence-corrected chi connectivity index (χ2v) is 8.43. The molecule has 2 aliphatic rings. The van der Waals surface area contributed by atoms with Crippen LogP contribution in [0.25, 0.3) is 0 Å². The number of aliphatic hydroxyl groups excluding tert-OH is 2. The molecule has 2 aromatic rings. The quantitative estimate of drug-likeness (QED) is 0.617. The summed E-state index contributed by atoms with van der Waals surface area (Å²) >= 11 is 6.12. The largest absolute Gasteiger partial charge is 0.487 e. The van der Waals surface area contributed by atoms with Crippen LogP contribution in [0.1, 0.15) is 18.4 Å². The van der Waals surface area contributed by atoms with Crippen LogP contribution < -0.4 is 14.2 Å². The van der Waals surface area contributed by atoms with Gasteiger partial charge in [0.05, 0.1) is 6.61 Å². The van der Waals surface area contributed by atoms with Crippen LogP contribution >= 0.6 is 24.0 Å². The smallest absolute Gasteiger partial charge is 0.161 e. The molecule has 0 amide bonds. The molecule has 2 N–H and O–H groups in total. The molecule has 4 rings (SSSR count). The number of halogens is 2. The Bertz CT molecular complexity index is 858. The van der Waals surface area contributed by atoms with Crippen LogP contribution in [0, 0.1) is 0 Å². The molecule has 170 valence electrons. The number of benzene rings is 2. The number of aliphatic hydroxyl groups is 2. The van der Waals surface area contributed by atoms with E-state index in [1.165, 1.54) is 5.56 Å². The molecule has 31 heavy (non-hydrogen) atoms. The normalized spacial score (nSPS) is 18.0. The van der Waals surface area contributed by atoms with Gasteiger partial charge in [0.2, 0.25) is 0 Å². The number of hydrogen-bond acceptors (Lipinski definition) is 6. The summed E-state index contributed by atoms with van der Waals surface area (Å²) in [5.74, 6) is 2.08. The molecule has 2 aromatic carbocycles. The van der Waals surface area contributed by atoms with Gasteiger partial charge in [-0.05, 0) is 35.9 Å². The summed E-state index contributed by atoms with van der Waals surface area (Å²) in [7, 11) is 0. The average molecular weight is 470 g/mol. The fourth-order valence-electron chi connectivity index (χ4n) is 4.21. The molecule has 0 bridgehead atoms. The Morgan fingerprint density at radius 3 is 2.52 bits per heavy atom. The van der Waals surface area contributed by atoms with Crippen molar-refractivity contribution < 1.29 is 24.4 Å². The lowest BCUT2D eigenvalue weighted by atomic mass is 9.87. The van der Waals surface area contributed by atoms with Crippen molar-refractivity contribution in [2.45, 2.75) is 31.0 Å². The van der Waals surface area contributed by atoms with Gasteiger partial charge >= 0.3 is 0 Å². The first-order chi connectivity index (χ1) is 14.6. The summed E-state index contributed by atoms with van der Waals surface area (Å²) in [6.45, 7) is 2.62. The molecular weight excluding hydrogens is 441 g/mol. The number of fused-ring (bicyclic) bond motifs is 1. The first-order valence-electron chi connectivity index (χ1n) is 10.4. The average Bonchev–Trinajstić information content (AvgIpc) is 3.10. The number of β-amino-alcohol motifs (C(OH)–C–C–N with tert-alkyl or cyclic N) is 1. The molecule has 1 atom stereocenters. The highest BCUT2D eigenvalue weighted by molar-refractivity contribution is 6.30. The first kappa shape index (κ1) is 24.0. The van der Waals surface area contributed by atoms with Gasteiger partial charge in [-0.15, -0.1) is 12.4 Å². The van der Waals surface area contributed by atoms with E-state index in [0.717, 1.165) is 43.1 Å². The molecule has 0 saturated carbocycles. The van der Waals surface area contributed by atoms with Crippen molar-refractivity contribution in [3.05, 3.63) is 53.1 Å². The predicted molar refractivity (Wildman–Crippen MR) is 122 cm³/mol. The van der Waals surface area contributed by atoms with Crippen LogP contribution in [0.5, 0.6) is 17.2 Å². The van der Waals surface area contributed by atoms with Gasteiger partial charge < -0.3 is 29.3 Å². The molecule has 1 fully saturated rings. The molecule has 0 radical (unpaired) electrons. The standard InChI is InChI=1S/C23H28ClNO5.ClH/c24-18-5-6-20-17(13-18)14-23(30-20)7-9-25(10-8-23)15-19(27)16-29-22-4-2-1-3-21(22)28-12-11-26;/h1-6,13,19,26-27H,7-12,14-16H2;1H/t19-;/m1./s1. The van der Waals surface area contributed by atoms with Gasteiger partial charge in [0.15, 0.2) is 11.5 Å². The van der Waals surface area contributed by atoms with Gasteiger partial charge in [0, 0.05) is 43.9 Å². The minimum atomic E-state index is -0.606. The Balaban J connectivity index is 0.00000272. The Morgan fingerprint density at radius 2 is 1.81 bits per heavy atom. The van der Waals surface area contributed by atoms with E-state index in [2.05, 4.69) is 4.90 Å². The number of rotatable bonds is 8. The molecule has 0 aliphatic carbocycles. The fourth-order valence-corrected chi connectivity index (χ4v) is 4.40. The molecule has 1 spiro atoms. The van der Waals surface area contributed by atoms with Crippen molar-refractivity contribution in [3.8, 4) is 17.2 Å². The van der Waals surface area contributed by atoms with Crippen molar-refractivity contribution in [3.63, 3.8) is 0 Å². The topological polar surface area (TPSA) is 71.4 Å². The number of nitrogens with zero attached hydrogens (tertiary/aromatic N) is 1. The van der Waals surface area contributed by atoms with Crippen LogP contribution in [0.3, 0.4) is 0 Å². The third-order valence-electron chi connectivity index (χ3n) is 5.73. The fraction of sp³-hybridized carbons (Fsp3) is 0.478. The minimum absolute atomic E-state index is 0. The number of hydrogen-bond donors (Lipinski definition) is 2. The van der Waals surface area contributed by atoms with E-state index in [9.17, 15) is 5.11 Å². The number of piperidine rings is 1. The molecule has 0 unspecified atom stereocenters. The van der Waals surface area contributed by atoms with Crippen LogP contribution in [-0.4, -0.2) is 66.3 Å². The monoisotopic (exact) mass is 469 g/mol. The van der Waals surface area contributed by atoms with Gasteiger partial charge in [0.1, 0.15) is 30.7 Å². The lowest BCUT2D eigenvalue weighted by Gasteiger charge is -2.39. The summed E-state index contributed by atoms with van der Waals surface area (Å²) in [5, 5.41) is 20.1. The second-order valence-electron chi connectivity index (χ2n) is 8.00. The molecule has 2 heterocycles. The van der Waals surface area contributed by atoms with E-state index >= 15 is 0 Å². The van der Waals surface area contributed by atoms with Crippen molar-refractivity contribution in [1.29, 1.82) is 0 Å². The van der Waals surface area contributed by atoms with E-state index < -0.39 is 6.10 Å². The molecule has 8 heteroatoms. The Kier molecular flexibility index (Phi) is 8.30. The highest BCUT2D eigenvalue weighted by Gasteiger charge is 2.42. The highest BCUT2D eigenvalue weighted by Crippen LogP contribution is 2.41. The van der Waals surface area contributed by atoms with Gasteiger partial charge in [-0.2, -0.15) is 0 Å². The van der Waals surface area contributed by atoms with Gasteiger partial charge in [-0.3, -0.25) is 0 Å². The Morgan fingerprint density at radius 1 is 1.10 bits per heavy atom. The van der Waals surface area contributed by atoms with Crippen LogP contribution in [-0.2, 0) is 6.42 Å². The maximum absolute atomic E-state index is 10.5. The third-order valence-corrected chi connectivity index (χ3v) is 5.96. The number of ether oxygens (including phenoxy) is 3. The first-order valence-corrected chi connectivity index (χ1v) is 10.8. The highest BCUT2D eigenvalue weighted by atomic mass is 35.5. The van der Waals surface area contributed by atoms with Crippen molar-refractivity contribution in [1.82, 2.24) is 4.90 Å². The van der Waals surface area contributed by atoms with Gasteiger partial charge in [-0.25, -0.2) is 0 Å². The van der Waals surface area contributed by atoms with Crippen molar-refractivity contribution in [2.24, 2.45) is 0 Å². The van der Waals surface area contributed by atoms with Crippen LogP contribution in [0.15, 0.2) is 42.5 Å².